The summed E-state index contributed by atoms with van der Waals surface area (Å²) < 4.78 is 6.32. The van der Waals surface area contributed by atoms with Crippen LogP contribution in [0.25, 0.3) is 17.3 Å². The van der Waals surface area contributed by atoms with Crippen molar-refractivity contribution in [2.45, 2.75) is 4.90 Å². The maximum absolute atomic E-state index is 13.1. The van der Waals surface area contributed by atoms with Crippen LogP contribution in [0.5, 0.6) is 0 Å². The van der Waals surface area contributed by atoms with Crippen LogP contribution in [0.1, 0.15) is 16.1 Å². The van der Waals surface area contributed by atoms with E-state index in [1.807, 2.05) is 29.6 Å². The molecule has 5 aromatic rings. The van der Waals surface area contributed by atoms with Crippen molar-refractivity contribution in [1.29, 1.82) is 0 Å². The lowest BCUT2D eigenvalue weighted by atomic mass is 10.2. The van der Waals surface area contributed by atoms with Crippen LogP contribution < -0.4 is 16.0 Å². The number of carbonyl (C=O) groups is 3. The summed E-state index contributed by atoms with van der Waals surface area (Å²) in [5.74, 6) is -0.491. The zero-order chi connectivity index (χ0) is 29.3. The smallest absolute Gasteiger partial charge is 0.272 e. The highest BCUT2D eigenvalue weighted by molar-refractivity contribution is 9.10. The lowest BCUT2D eigenvalue weighted by molar-refractivity contribution is -0.114. The predicted octanol–water partition coefficient (Wildman–Crippen LogP) is 7.31. The zero-order valence-electron chi connectivity index (χ0n) is 21.9. The van der Waals surface area contributed by atoms with Gasteiger partial charge in [0.2, 0.25) is 5.91 Å². The number of rotatable bonds is 10. The van der Waals surface area contributed by atoms with Crippen LogP contribution in [-0.4, -0.2) is 28.5 Å². The van der Waals surface area contributed by atoms with Crippen LogP contribution in [0.4, 0.5) is 10.8 Å². The van der Waals surface area contributed by atoms with Gasteiger partial charge in [-0.25, -0.2) is 4.98 Å². The monoisotopic (exact) mass is 658 g/mol. The van der Waals surface area contributed by atoms with E-state index in [1.165, 1.54) is 35.4 Å². The van der Waals surface area contributed by atoms with E-state index >= 15 is 0 Å². The van der Waals surface area contributed by atoms with E-state index < -0.39 is 11.8 Å². The summed E-state index contributed by atoms with van der Waals surface area (Å²) in [4.78, 5) is 43.6. The van der Waals surface area contributed by atoms with Crippen LogP contribution in [0, 0.1) is 0 Å². The summed E-state index contributed by atoms with van der Waals surface area (Å²) in [7, 11) is 0. The number of benzene rings is 3. The predicted molar refractivity (Wildman–Crippen MR) is 170 cm³/mol. The van der Waals surface area contributed by atoms with Gasteiger partial charge in [-0.1, -0.05) is 46.3 Å². The molecule has 3 amide bonds. The summed E-state index contributed by atoms with van der Waals surface area (Å²) in [6, 6.07) is 26.9. The summed E-state index contributed by atoms with van der Waals surface area (Å²) in [6.07, 6.45) is 2.94. The molecule has 3 N–H and O–H groups in total. The van der Waals surface area contributed by atoms with Gasteiger partial charge >= 0.3 is 0 Å². The third kappa shape index (κ3) is 8.06. The van der Waals surface area contributed by atoms with E-state index in [1.54, 1.807) is 66.7 Å². The van der Waals surface area contributed by atoms with Gasteiger partial charge in [0.25, 0.3) is 11.8 Å². The van der Waals surface area contributed by atoms with Crippen molar-refractivity contribution in [3.8, 4) is 11.3 Å². The Bertz CT molecular complexity index is 1700. The van der Waals surface area contributed by atoms with Crippen molar-refractivity contribution in [3.05, 3.63) is 124 Å². The topological polar surface area (TPSA) is 113 Å². The van der Waals surface area contributed by atoms with Gasteiger partial charge in [0.05, 0.1) is 17.7 Å². The number of anilines is 2. The average Bonchev–Trinajstić information content (AvgIpc) is 3.70. The highest BCUT2D eigenvalue weighted by Crippen LogP contribution is 2.27. The number of hydrogen-bond donors (Lipinski definition) is 3. The molecule has 42 heavy (non-hydrogen) atoms. The summed E-state index contributed by atoms with van der Waals surface area (Å²) in [5, 5.41) is 10.7. The van der Waals surface area contributed by atoms with Gasteiger partial charge in [-0.05, 0) is 60.7 Å². The molecule has 0 spiro atoms. The second-order valence-electron chi connectivity index (χ2n) is 8.75. The van der Waals surface area contributed by atoms with Crippen LogP contribution >= 0.6 is 39.0 Å². The molecule has 3 aromatic carbocycles. The van der Waals surface area contributed by atoms with E-state index in [9.17, 15) is 14.4 Å². The third-order valence-corrected chi connectivity index (χ3v) is 8.03. The molecule has 0 aliphatic rings. The quantitative estimate of drug-likeness (QED) is 0.107. The Morgan fingerprint density at radius 2 is 1.67 bits per heavy atom. The second kappa shape index (κ2) is 13.9. The minimum Gasteiger partial charge on any atom is -0.465 e. The van der Waals surface area contributed by atoms with Crippen molar-refractivity contribution < 1.29 is 18.8 Å². The van der Waals surface area contributed by atoms with Gasteiger partial charge in [0.15, 0.2) is 5.13 Å². The van der Waals surface area contributed by atoms with Crippen molar-refractivity contribution in [3.63, 3.8) is 0 Å². The molecule has 0 radical (unpaired) electrons. The minimum absolute atomic E-state index is 0.0272. The number of carbonyl (C=O) groups excluding carboxylic acids is 3. The Hall–Kier alpha value is -4.45. The molecular formula is C31H23BrN4O4S2. The molecule has 8 nitrogen and oxygen atoms in total. The molecule has 0 fully saturated rings. The fraction of sp³-hybridized carbons (Fsp3) is 0.0323. The first-order valence-electron chi connectivity index (χ1n) is 12.6. The molecule has 210 valence electrons. The highest BCUT2D eigenvalue weighted by Gasteiger charge is 2.16. The number of nitrogens with one attached hydrogen (secondary N) is 3. The van der Waals surface area contributed by atoms with Crippen molar-refractivity contribution in [2.75, 3.05) is 16.4 Å². The first-order chi connectivity index (χ1) is 20.4. The van der Waals surface area contributed by atoms with Crippen molar-refractivity contribution >= 4 is 73.6 Å². The maximum atomic E-state index is 13.1. The number of thioether (sulfide) groups is 1. The Labute approximate surface area is 258 Å². The van der Waals surface area contributed by atoms with Gasteiger partial charge in [0, 0.05) is 37.6 Å². The molecule has 5 rings (SSSR count). The van der Waals surface area contributed by atoms with Gasteiger partial charge in [0.1, 0.15) is 11.5 Å². The first kappa shape index (κ1) is 29.1. The standard InChI is InChI=1S/C31H23BrN4O4S2/c32-22-10-8-20(9-11-22)27-18-42-31(35-27)36-28(37)19-41-25-14-12-23(13-15-25)33-30(39)26(17-24-7-4-16-40-24)34-29(38)21-5-2-1-3-6-21/h1-18H,19H2,(H,33,39)(H,34,38)(H,35,36,37)/b26-17-. The van der Waals surface area contributed by atoms with Crippen LogP contribution in [0.3, 0.4) is 0 Å². The number of halogens is 1. The van der Waals surface area contributed by atoms with Gasteiger partial charge < -0.3 is 20.4 Å². The third-order valence-electron chi connectivity index (χ3n) is 5.73. The normalized spacial score (nSPS) is 11.1. The SMILES string of the molecule is O=C(CSc1ccc(NC(=O)/C(=C/c2ccco2)NC(=O)c2ccccc2)cc1)Nc1nc(-c2ccc(Br)cc2)cs1. The zero-order valence-corrected chi connectivity index (χ0v) is 25.1. The number of aromatic nitrogens is 1. The first-order valence-corrected chi connectivity index (χ1v) is 15.3. The Morgan fingerprint density at radius 3 is 2.38 bits per heavy atom. The van der Waals surface area contributed by atoms with Crippen LogP contribution in [-0.2, 0) is 9.59 Å². The van der Waals surface area contributed by atoms with Crippen LogP contribution in [0.15, 0.2) is 122 Å². The fourth-order valence-corrected chi connectivity index (χ4v) is 5.38. The highest BCUT2D eigenvalue weighted by atomic mass is 79.9. The largest absolute Gasteiger partial charge is 0.465 e. The second-order valence-corrected chi connectivity index (χ2v) is 11.6. The molecule has 11 heteroatoms. The van der Waals surface area contributed by atoms with Crippen LogP contribution in [0.2, 0.25) is 0 Å². The molecule has 0 unspecified atom stereocenters. The number of hydrogen-bond acceptors (Lipinski definition) is 7. The Balaban J connectivity index is 1.15. The van der Waals surface area contributed by atoms with E-state index in [2.05, 4.69) is 36.9 Å². The summed E-state index contributed by atoms with van der Waals surface area (Å²) in [5.41, 5.74) is 2.74. The van der Waals surface area contributed by atoms with Crippen molar-refractivity contribution in [2.24, 2.45) is 0 Å². The van der Waals surface area contributed by atoms with E-state index in [-0.39, 0.29) is 17.4 Å². The number of nitrogens with zero attached hydrogens (tertiary/aromatic N) is 1. The molecule has 0 saturated heterocycles. The Kier molecular flexibility index (Phi) is 9.65. The average molecular weight is 660 g/mol. The molecule has 2 aromatic heterocycles. The molecule has 0 aliphatic carbocycles. The molecule has 0 bridgehead atoms. The summed E-state index contributed by atoms with van der Waals surface area (Å²) >= 11 is 6.15. The lowest BCUT2D eigenvalue weighted by Gasteiger charge is -2.11. The Morgan fingerprint density at radius 1 is 0.905 bits per heavy atom. The maximum Gasteiger partial charge on any atom is 0.272 e. The van der Waals surface area contributed by atoms with E-state index in [0.717, 1.165) is 20.6 Å². The molecule has 0 atom stereocenters. The summed E-state index contributed by atoms with van der Waals surface area (Å²) in [6.45, 7) is 0. The number of amides is 3. The van der Waals surface area contributed by atoms with Gasteiger partial charge in [-0.15, -0.1) is 23.1 Å². The molecule has 2 heterocycles. The van der Waals surface area contributed by atoms with Crippen molar-refractivity contribution in [1.82, 2.24) is 10.3 Å². The molecule has 0 saturated carbocycles. The van der Waals surface area contributed by atoms with Gasteiger partial charge in [-0.2, -0.15) is 0 Å². The van der Waals surface area contributed by atoms with Gasteiger partial charge in [-0.3, -0.25) is 14.4 Å². The van der Waals surface area contributed by atoms with E-state index in [4.69, 9.17) is 4.42 Å². The molecular weight excluding hydrogens is 636 g/mol. The fourth-order valence-electron chi connectivity index (χ4n) is 3.68. The minimum atomic E-state index is -0.513. The van der Waals surface area contributed by atoms with E-state index in [0.29, 0.717) is 22.1 Å². The number of furan rings is 1. The molecule has 0 aliphatic heterocycles. The number of thiazole rings is 1. The lowest BCUT2D eigenvalue weighted by Crippen LogP contribution is -2.30.